The van der Waals surface area contributed by atoms with Gasteiger partial charge in [0.2, 0.25) is 5.78 Å². The molecule has 0 saturated heterocycles. The molecular formula is C25H18N2O8. The normalized spacial score (nSPS) is 15.0. The second kappa shape index (κ2) is 9.18. The summed E-state index contributed by atoms with van der Waals surface area (Å²) in [6.45, 7) is 1.62. The van der Waals surface area contributed by atoms with Crippen LogP contribution in [0.15, 0.2) is 66.7 Å². The van der Waals surface area contributed by atoms with Gasteiger partial charge in [0.1, 0.15) is 23.5 Å². The van der Waals surface area contributed by atoms with Gasteiger partial charge in [0.25, 0.3) is 11.6 Å². The highest BCUT2D eigenvalue weighted by atomic mass is 16.6. The third-order valence-electron chi connectivity index (χ3n) is 5.58. The molecule has 0 bridgehead atoms. The average Bonchev–Trinajstić information content (AvgIpc) is 3.16. The molecule has 176 valence electrons. The molecule has 0 radical (unpaired) electrons. The number of anilines is 1. The predicted molar refractivity (Wildman–Crippen MR) is 122 cm³/mol. The number of esters is 1. The first-order valence-corrected chi connectivity index (χ1v) is 10.4. The largest absolute Gasteiger partial charge is 0.507 e. The highest BCUT2D eigenvalue weighted by molar-refractivity contribution is 6.45. The average molecular weight is 474 g/mol. The Morgan fingerprint density at radius 1 is 1.06 bits per heavy atom. The summed E-state index contributed by atoms with van der Waals surface area (Å²) >= 11 is 0. The predicted octanol–water partition coefficient (Wildman–Crippen LogP) is 3.53. The number of cyclic esters (lactones) is 1. The topological polar surface area (TPSA) is 153 Å². The lowest BCUT2D eigenvalue weighted by Gasteiger charge is -2.21. The van der Waals surface area contributed by atoms with E-state index < -0.39 is 51.8 Å². The third kappa shape index (κ3) is 4.36. The maximum absolute atomic E-state index is 13.4. The van der Waals surface area contributed by atoms with Crippen molar-refractivity contribution in [2.24, 2.45) is 5.92 Å². The maximum atomic E-state index is 13.4. The number of nitrogens with zero attached hydrogens (tertiary/aromatic N) is 1. The molecule has 4 rings (SSSR count). The number of amides is 1. The minimum Gasteiger partial charge on any atom is -0.507 e. The van der Waals surface area contributed by atoms with Crippen molar-refractivity contribution in [2.75, 3.05) is 5.32 Å². The number of fused-ring (bicyclic) bond motifs is 1. The van der Waals surface area contributed by atoms with Gasteiger partial charge in [-0.3, -0.25) is 24.5 Å². The van der Waals surface area contributed by atoms with E-state index >= 15 is 0 Å². The molecule has 0 spiro atoms. The van der Waals surface area contributed by atoms with Crippen molar-refractivity contribution in [3.8, 4) is 5.75 Å². The Kier molecular flexibility index (Phi) is 6.11. The van der Waals surface area contributed by atoms with E-state index in [2.05, 4.69) is 5.32 Å². The number of carbonyl (C=O) groups is 4. The monoisotopic (exact) mass is 474 g/mol. The van der Waals surface area contributed by atoms with Crippen molar-refractivity contribution < 1.29 is 33.9 Å². The number of phenols is 1. The van der Waals surface area contributed by atoms with Crippen LogP contribution in [0.4, 0.5) is 11.4 Å². The zero-order valence-electron chi connectivity index (χ0n) is 18.3. The van der Waals surface area contributed by atoms with E-state index in [1.165, 1.54) is 54.6 Å². The Morgan fingerprint density at radius 2 is 1.74 bits per heavy atom. The molecule has 0 aliphatic carbocycles. The van der Waals surface area contributed by atoms with Crippen LogP contribution in [0.3, 0.4) is 0 Å². The van der Waals surface area contributed by atoms with Crippen LogP contribution in [0.2, 0.25) is 0 Å². The van der Waals surface area contributed by atoms with Gasteiger partial charge in [-0.25, -0.2) is 4.79 Å². The van der Waals surface area contributed by atoms with Gasteiger partial charge in [-0.15, -0.1) is 0 Å². The molecule has 1 aliphatic heterocycles. The lowest BCUT2D eigenvalue weighted by Crippen LogP contribution is -2.38. The summed E-state index contributed by atoms with van der Waals surface area (Å²) in [5, 5.41) is 23.8. The first-order valence-electron chi connectivity index (χ1n) is 10.4. The number of rotatable bonds is 7. The number of hydrogen-bond acceptors (Lipinski definition) is 8. The molecule has 2 N–H and O–H groups in total. The van der Waals surface area contributed by atoms with Crippen LogP contribution >= 0.6 is 0 Å². The number of Topliss-reactive ketones (excluding diaryl/α,β-unsaturated/α-hetero) is 2. The molecule has 0 aromatic heterocycles. The fourth-order valence-electron chi connectivity index (χ4n) is 3.89. The minimum absolute atomic E-state index is 0.134. The number of nitrogens with one attached hydrogen (secondary N) is 1. The van der Waals surface area contributed by atoms with Crippen LogP contribution in [0.5, 0.6) is 5.75 Å². The molecule has 1 amide bonds. The van der Waals surface area contributed by atoms with Gasteiger partial charge in [-0.05, 0) is 36.8 Å². The Morgan fingerprint density at radius 3 is 2.46 bits per heavy atom. The first-order chi connectivity index (χ1) is 16.7. The number of hydrogen-bond donors (Lipinski definition) is 2. The summed E-state index contributed by atoms with van der Waals surface area (Å²) < 4.78 is 5.33. The van der Waals surface area contributed by atoms with E-state index in [1.807, 2.05) is 0 Å². The van der Waals surface area contributed by atoms with Crippen LogP contribution < -0.4 is 5.32 Å². The molecule has 1 heterocycles. The molecule has 35 heavy (non-hydrogen) atoms. The van der Waals surface area contributed by atoms with Crippen molar-refractivity contribution >= 4 is 34.8 Å². The van der Waals surface area contributed by atoms with E-state index in [1.54, 1.807) is 19.1 Å². The minimum atomic E-state index is -1.85. The van der Waals surface area contributed by atoms with E-state index in [0.29, 0.717) is 5.56 Å². The van der Waals surface area contributed by atoms with Crippen LogP contribution in [0.1, 0.15) is 37.9 Å². The van der Waals surface area contributed by atoms with Gasteiger partial charge in [0.15, 0.2) is 5.78 Å². The van der Waals surface area contributed by atoms with E-state index in [-0.39, 0.29) is 22.4 Å². The molecular weight excluding hydrogens is 456 g/mol. The van der Waals surface area contributed by atoms with Gasteiger partial charge in [0.05, 0.1) is 16.1 Å². The molecule has 1 aliphatic rings. The number of benzene rings is 3. The number of nitro groups is 1. The quantitative estimate of drug-likeness (QED) is 0.132. The fraction of sp³-hybridized carbons (Fsp3) is 0.120. The van der Waals surface area contributed by atoms with Gasteiger partial charge in [-0.2, -0.15) is 0 Å². The number of phenolic OH excluding ortho intramolecular Hbond substituents is 1. The van der Waals surface area contributed by atoms with Crippen LogP contribution in [-0.4, -0.2) is 33.5 Å². The zero-order valence-corrected chi connectivity index (χ0v) is 18.3. The second-order valence-electron chi connectivity index (χ2n) is 7.87. The van der Waals surface area contributed by atoms with Gasteiger partial charge >= 0.3 is 5.97 Å². The smallest absolute Gasteiger partial charge is 0.339 e. The first kappa shape index (κ1) is 23.3. The van der Waals surface area contributed by atoms with Crippen LogP contribution in [-0.2, 0) is 14.3 Å². The zero-order chi connectivity index (χ0) is 25.3. The van der Waals surface area contributed by atoms with Gasteiger partial charge in [0, 0.05) is 11.6 Å². The summed E-state index contributed by atoms with van der Waals surface area (Å²) in [7, 11) is 0. The van der Waals surface area contributed by atoms with E-state index in [0.717, 1.165) is 0 Å². The fourth-order valence-corrected chi connectivity index (χ4v) is 3.89. The molecule has 0 unspecified atom stereocenters. The number of aromatic hydroxyl groups is 1. The summed E-state index contributed by atoms with van der Waals surface area (Å²) in [5.41, 5.74) is -0.00361. The summed E-state index contributed by atoms with van der Waals surface area (Å²) in [6.07, 6.45) is -1.43. The number of carbonyl (C=O) groups excluding carboxylic acids is 4. The number of ketones is 2. The van der Waals surface area contributed by atoms with E-state index in [4.69, 9.17) is 4.74 Å². The summed E-state index contributed by atoms with van der Waals surface area (Å²) in [6, 6.07) is 15.5. The van der Waals surface area contributed by atoms with Crippen molar-refractivity contribution in [3.05, 3.63) is 99.1 Å². The molecule has 0 fully saturated rings. The molecule has 10 nitrogen and oxygen atoms in total. The number of nitro benzene ring substituents is 1. The standard InChI is InChI=1S/C25H18N2O8/c1-13-10-11-17(18(12-13)27(33)34)26-24(31)22(30)20(21(29)16-8-4-5-9-19(16)28)23-14-6-2-3-7-15(14)25(32)35-23/h2-12,20,23,28H,1H3,(H,26,31)/t20-,23+/m0/s1. The van der Waals surface area contributed by atoms with Crippen LogP contribution in [0.25, 0.3) is 0 Å². The van der Waals surface area contributed by atoms with Crippen molar-refractivity contribution in [1.29, 1.82) is 0 Å². The van der Waals surface area contributed by atoms with Crippen molar-refractivity contribution in [3.63, 3.8) is 0 Å². The Hall–Kier alpha value is -4.86. The number of para-hydroxylation sites is 1. The lowest BCUT2D eigenvalue weighted by molar-refractivity contribution is -0.384. The lowest BCUT2D eigenvalue weighted by atomic mass is 9.84. The number of aryl methyl sites for hydroxylation is 1. The van der Waals surface area contributed by atoms with Gasteiger partial charge in [-0.1, -0.05) is 36.4 Å². The third-order valence-corrected chi connectivity index (χ3v) is 5.58. The SMILES string of the molecule is Cc1ccc(NC(=O)C(=O)[C@H](C(=O)c2ccccc2O)[C@@H]2OC(=O)c3ccccc32)c([N+](=O)[O-])c1. The molecule has 2 atom stereocenters. The Balaban J connectivity index is 1.75. The molecule has 3 aromatic rings. The maximum Gasteiger partial charge on any atom is 0.339 e. The summed E-state index contributed by atoms with van der Waals surface area (Å²) in [5.74, 6) is -6.60. The molecule has 3 aromatic carbocycles. The number of ether oxygens (including phenoxy) is 1. The molecule has 0 saturated carbocycles. The van der Waals surface area contributed by atoms with Crippen molar-refractivity contribution in [2.45, 2.75) is 13.0 Å². The van der Waals surface area contributed by atoms with Gasteiger partial charge < -0.3 is 15.2 Å². The Bertz CT molecular complexity index is 1400. The second-order valence-corrected chi connectivity index (χ2v) is 7.87. The van der Waals surface area contributed by atoms with E-state index in [9.17, 15) is 34.4 Å². The summed E-state index contributed by atoms with van der Waals surface area (Å²) in [4.78, 5) is 62.8. The van der Waals surface area contributed by atoms with Crippen LogP contribution in [0, 0.1) is 23.0 Å². The highest BCUT2D eigenvalue weighted by Crippen LogP contribution is 2.39. The Labute approximate surface area is 198 Å². The highest BCUT2D eigenvalue weighted by Gasteiger charge is 2.46. The van der Waals surface area contributed by atoms with Crippen molar-refractivity contribution in [1.82, 2.24) is 0 Å². The molecule has 10 heteroatoms.